The molecule has 0 aromatic heterocycles. The van der Waals surface area contributed by atoms with Crippen molar-refractivity contribution in [1.82, 2.24) is 0 Å². The number of halogens is 3. The second-order valence-corrected chi connectivity index (χ2v) is 3.61. The van der Waals surface area contributed by atoms with E-state index in [0.29, 0.717) is 5.70 Å². The maximum Gasteiger partial charge on any atom is 0.418 e. The van der Waals surface area contributed by atoms with E-state index in [1.807, 2.05) is 0 Å². The van der Waals surface area contributed by atoms with Gasteiger partial charge in [0.2, 0.25) is 0 Å². The number of anilines is 1. The van der Waals surface area contributed by atoms with Gasteiger partial charge in [-0.05, 0) is 32.1 Å². The quantitative estimate of drug-likeness (QED) is 0.821. The molecule has 0 bridgehead atoms. The average molecular weight is 243 g/mol. The summed E-state index contributed by atoms with van der Waals surface area (Å²) in [5.74, 6) is -0.223. The Labute approximate surface area is 97.1 Å². The lowest BCUT2D eigenvalue weighted by Gasteiger charge is -2.14. The highest BCUT2D eigenvalue weighted by atomic mass is 19.4. The maximum atomic E-state index is 12.6. The van der Waals surface area contributed by atoms with Crippen molar-refractivity contribution in [2.24, 2.45) is 0 Å². The summed E-state index contributed by atoms with van der Waals surface area (Å²) in [5, 5.41) is 2.57. The van der Waals surface area contributed by atoms with Gasteiger partial charge in [0, 0.05) is 5.70 Å². The summed E-state index contributed by atoms with van der Waals surface area (Å²) in [7, 11) is 0. The van der Waals surface area contributed by atoms with Crippen LogP contribution in [-0.4, -0.2) is 5.78 Å². The van der Waals surface area contributed by atoms with E-state index in [9.17, 15) is 18.0 Å². The Kier molecular flexibility index (Phi) is 3.93. The van der Waals surface area contributed by atoms with E-state index in [1.165, 1.54) is 38.1 Å². The van der Waals surface area contributed by atoms with Crippen molar-refractivity contribution in [3.8, 4) is 0 Å². The highest BCUT2D eigenvalue weighted by Crippen LogP contribution is 2.34. The highest BCUT2D eigenvalue weighted by molar-refractivity contribution is 5.88. The van der Waals surface area contributed by atoms with Crippen LogP contribution < -0.4 is 5.32 Å². The lowest BCUT2D eigenvalue weighted by Crippen LogP contribution is -2.10. The molecule has 1 aromatic rings. The molecule has 0 saturated carbocycles. The van der Waals surface area contributed by atoms with Gasteiger partial charge in [0.1, 0.15) is 0 Å². The van der Waals surface area contributed by atoms with Crippen molar-refractivity contribution in [1.29, 1.82) is 0 Å². The fourth-order valence-corrected chi connectivity index (χ4v) is 1.39. The first kappa shape index (κ1) is 13.3. The number of hydrogen-bond acceptors (Lipinski definition) is 2. The molecular formula is C12H12F3NO. The van der Waals surface area contributed by atoms with Crippen LogP contribution in [-0.2, 0) is 11.0 Å². The maximum absolute atomic E-state index is 12.6. The topological polar surface area (TPSA) is 29.1 Å². The van der Waals surface area contributed by atoms with Crippen molar-refractivity contribution in [2.45, 2.75) is 20.0 Å². The second-order valence-electron chi connectivity index (χ2n) is 3.61. The number of nitrogens with one attached hydrogen (secondary N) is 1. The van der Waals surface area contributed by atoms with E-state index in [2.05, 4.69) is 5.32 Å². The Morgan fingerprint density at radius 1 is 1.24 bits per heavy atom. The SMILES string of the molecule is CC(=O)/C=C(/C)Nc1ccccc1C(F)(F)F. The van der Waals surface area contributed by atoms with Crippen LogP contribution in [0.1, 0.15) is 19.4 Å². The van der Waals surface area contributed by atoms with Crippen molar-refractivity contribution < 1.29 is 18.0 Å². The molecule has 92 valence electrons. The first-order valence-electron chi connectivity index (χ1n) is 4.93. The van der Waals surface area contributed by atoms with Crippen LogP contribution in [0, 0.1) is 0 Å². The van der Waals surface area contributed by atoms with Crippen LogP contribution in [0.4, 0.5) is 18.9 Å². The third-order valence-electron chi connectivity index (χ3n) is 1.98. The molecule has 0 saturated heterocycles. The van der Waals surface area contributed by atoms with Gasteiger partial charge in [-0.25, -0.2) is 0 Å². The average Bonchev–Trinajstić information content (AvgIpc) is 2.15. The number of benzene rings is 1. The van der Waals surface area contributed by atoms with Gasteiger partial charge in [0.15, 0.2) is 5.78 Å². The summed E-state index contributed by atoms with van der Waals surface area (Å²) in [6.07, 6.45) is -3.17. The van der Waals surface area contributed by atoms with Gasteiger partial charge in [-0.15, -0.1) is 0 Å². The second kappa shape index (κ2) is 5.03. The standard InChI is InChI=1S/C12H12F3NO/c1-8(7-9(2)17)16-11-6-4-3-5-10(11)12(13,14)15/h3-7,16H,1-2H3/b8-7-. The number of ketones is 1. The predicted molar refractivity (Wildman–Crippen MR) is 59.5 cm³/mol. The predicted octanol–water partition coefficient (Wildman–Crippen LogP) is 3.61. The summed E-state index contributed by atoms with van der Waals surface area (Å²) >= 11 is 0. The molecule has 0 fully saturated rings. The lowest BCUT2D eigenvalue weighted by molar-refractivity contribution is -0.136. The summed E-state index contributed by atoms with van der Waals surface area (Å²) in [5.41, 5.74) is -0.444. The molecule has 1 aromatic carbocycles. The van der Waals surface area contributed by atoms with E-state index in [4.69, 9.17) is 0 Å². The summed E-state index contributed by atoms with van der Waals surface area (Å²) in [6.45, 7) is 2.87. The van der Waals surface area contributed by atoms with Crippen molar-refractivity contribution in [2.75, 3.05) is 5.32 Å². The molecule has 0 aliphatic heterocycles. The normalized spacial score (nSPS) is 12.4. The Morgan fingerprint density at radius 3 is 2.35 bits per heavy atom. The largest absolute Gasteiger partial charge is 0.418 e. The van der Waals surface area contributed by atoms with Gasteiger partial charge < -0.3 is 5.32 Å². The molecule has 0 aliphatic carbocycles. The van der Waals surface area contributed by atoms with Crippen LogP contribution in [0.3, 0.4) is 0 Å². The monoisotopic (exact) mass is 243 g/mol. The molecule has 1 N–H and O–H groups in total. The van der Waals surface area contributed by atoms with Crippen LogP contribution >= 0.6 is 0 Å². The number of allylic oxidation sites excluding steroid dienone is 2. The molecule has 0 aliphatic rings. The van der Waals surface area contributed by atoms with Gasteiger partial charge in [-0.2, -0.15) is 13.2 Å². The molecule has 0 spiro atoms. The third kappa shape index (κ3) is 3.94. The smallest absolute Gasteiger partial charge is 0.359 e. The zero-order valence-electron chi connectivity index (χ0n) is 9.43. The van der Waals surface area contributed by atoms with E-state index in [-0.39, 0.29) is 11.5 Å². The Hall–Kier alpha value is -1.78. The van der Waals surface area contributed by atoms with Gasteiger partial charge in [0.05, 0.1) is 11.3 Å². The van der Waals surface area contributed by atoms with Crippen molar-refractivity contribution >= 4 is 11.5 Å². The minimum Gasteiger partial charge on any atom is -0.359 e. The van der Waals surface area contributed by atoms with Crippen LogP contribution in [0.2, 0.25) is 0 Å². The van der Waals surface area contributed by atoms with Crippen molar-refractivity contribution in [3.63, 3.8) is 0 Å². The first-order chi connectivity index (χ1) is 7.80. The Balaban J connectivity index is 3.04. The molecular weight excluding hydrogens is 231 g/mol. The van der Waals surface area contributed by atoms with E-state index < -0.39 is 11.7 Å². The molecule has 17 heavy (non-hydrogen) atoms. The van der Waals surface area contributed by atoms with E-state index >= 15 is 0 Å². The molecule has 0 unspecified atom stereocenters. The number of carbonyl (C=O) groups excluding carboxylic acids is 1. The molecule has 5 heteroatoms. The van der Waals surface area contributed by atoms with Gasteiger partial charge in [0.25, 0.3) is 0 Å². The van der Waals surface area contributed by atoms with Gasteiger partial charge >= 0.3 is 6.18 Å². The third-order valence-corrected chi connectivity index (χ3v) is 1.98. The van der Waals surface area contributed by atoms with Crippen LogP contribution in [0.5, 0.6) is 0 Å². The zero-order chi connectivity index (χ0) is 13.1. The molecule has 1 rings (SSSR count). The molecule has 0 radical (unpaired) electrons. The van der Waals surface area contributed by atoms with Gasteiger partial charge in [-0.1, -0.05) is 12.1 Å². The van der Waals surface area contributed by atoms with Crippen LogP contribution in [0.25, 0.3) is 0 Å². The van der Waals surface area contributed by atoms with Crippen molar-refractivity contribution in [3.05, 3.63) is 41.6 Å². The summed E-state index contributed by atoms with van der Waals surface area (Å²) in [6, 6.07) is 5.13. The summed E-state index contributed by atoms with van der Waals surface area (Å²) < 4.78 is 37.9. The number of alkyl halides is 3. The highest BCUT2D eigenvalue weighted by Gasteiger charge is 2.33. The zero-order valence-corrected chi connectivity index (χ0v) is 9.43. The fraction of sp³-hybridized carbons (Fsp3) is 0.250. The minimum absolute atomic E-state index is 0.0602. The summed E-state index contributed by atoms with van der Waals surface area (Å²) in [4.78, 5) is 10.8. The van der Waals surface area contributed by atoms with E-state index in [1.54, 1.807) is 0 Å². The number of para-hydroxylation sites is 1. The van der Waals surface area contributed by atoms with Gasteiger partial charge in [-0.3, -0.25) is 4.79 Å². The number of hydrogen-bond donors (Lipinski definition) is 1. The number of carbonyl (C=O) groups is 1. The molecule has 2 nitrogen and oxygen atoms in total. The molecule has 0 atom stereocenters. The van der Waals surface area contributed by atoms with Crippen LogP contribution in [0.15, 0.2) is 36.0 Å². The number of rotatable bonds is 3. The Morgan fingerprint density at radius 2 is 1.82 bits per heavy atom. The fourth-order valence-electron chi connectivity index (χ4n) is 1.39. The first-order valence-corrected chi connectivity index (χ1v) is 4.93. The Bertz CT molecular complexity index is 449. The molecule has 0 heterocycles. The lowest BCUT2D eigenvalue weighted by atomic mass is 10.1. The van der Waals surface area contributed by atoms with E-state index in [0.717, 1.165) is 6.07 Å². The molecule has 0 amide bonds. The minimum atomic E-state index is -4.42.